The summed E-state index contributed by atoms with van der Waals surface area (Å²) in [5, 5.41) is 5.11. The van der Waals surface area contributed by atoms with Gasteiger partial charge < -0.3 is 15.4 Å². The third kappa shape index (κ3) is 5.31. The number of nitrogens with one attached hydrogen (secondary N) is 2. The molecule has 0 unspecified atom stereocenters. The first-order valence-corrected chi connectivity index (χ1v) is 6.22. The molecule has 0 atom stereocenters. The van der Waals surface area contributed by atoms with Gasteiger partial charge in [-0.2, -0.15) is 0 Å². The molecule has 1 aromatic carbocycles. The Kier molecular flexibility index (Phi) is 4.82. The van der Waals surface area contributed by atoms with Gasteiger partial charge in [0.25, 0.3) is 0 Å². The summed E-state index contributed by atoms with van der Waals surface area (Å²) in [7, 11) is 0. The van der Waals surface area contributed by atoms with Crippen molar-refractivity contribution in [3.63, 3.8) is 0 Å². The van der Waals surface area contributed by atoms with Gasteiger partial charge in [-0.1, -0.05) is 0 Å². The molecule has 5 nitrogen and oxygen atoms in total. The maximum absolute atomic E-state index is 12.0. The minimum absolute atomic E-state index is 0.309. The SMILES string of the molecule is O=C(NCc1ccncc1)Nc1ccc(OC(F)(F)F)cc1. The highest BCUT2D eigenvalue weighted by molar-refractivity contribution is 5.89. The lowest BCUT2D eigenvalue weighted by molar-refractivity contribution is -0.274. The molecule has 0 aliphatic carbocycles. The summed E-state index contributed by atoms with van der Waals surface area (Å²) in [6, 6.07) is 7.90. The number of hydrogen-bond donors (Lipinski definition) is 2. The molecule has 0 fully saturated rings. The van der Waals surface area contributed by atoms with Gasteiger partial charge in [-0.15, -0.1) is 13.2 Å². The zero-order valence-electron chi connectivity index (χ0n) is 11.2. The number of nitrogens with zero attached hydrogens (tertiary/aromatic N) is 1. The largest absolute Gasteiger partial charge is 0.573 e. The molecule has 0 aliphatic rings. The summed E-state index contributed by atoms with van der Waals surface area (Å²) in [5.41, 5.74) is 1.22. The molecule has 0 bridgehead atoms. The molecule has 2 amide bonds. The van der Waals surface area contributed by atoms with Crippen LogP contribution < -0.4 is 15.4 Å². The van der Waals surface area contributed by atoms with Gasteiger partial charge in [-0.25, -0.2) is 4.79 Å². The summed E-state index contributed by atoms with van der Waals surface area (Å²) < 4.78 is 39.8. The predicted molar refractivity (Wildman–Crippen MR) is 73.2 cm³/mol. The van der Waals surface area contributed by atoms with E-state index in [0.29, 0.717) is 12.2 Å². The monoisotopic (exact) mass is 311 g/mol. The summed E-state index contributed by atoms with van der Waals surface area (Å²) in [5.74, 6) is -0.352. The van der Waals surface area contributed by atoms with Gasteiger partial charge in [0.05, 0.1) is 0 Å². The molecular formula is C14H12F3N3O2. The van der Waals surface area contributed by atoms with Gasteiger partial charge in [-0.05, 0) is 42.0 Å². The summed E-state index contributed by atoms with van der Waals surface area (Å²) in [6.45, 7) is 0.309. The highest BCUT2D eigenvalue weighted by atomic mass is 19.4. The molecule has 116 valence electrons. The maximum Gasteiger partial charge on any atom is 0.573 e. The maximum atomic E-state index is 12.0. The number of hydrogen-bond acceptors (Lipinski definition) is 3. The van der Waals surface area contributed by atoms with Gasteiger partial charge >= 0.3 is 12.4 Å². The van der Waals surface area contributed by atoms with E-state index in [2.05, 4.69) is 20.4 Å². The van der Waals surface area contributed by atoms with Crippen LogP contribution in [-0.4, -0.2) is 17.4 Å². The zero-order chi connectivity index (χ0) is 16.0. The number of carbonyl (C=O) groups excluding carboxylic acids is 1. The van der Waals surface area contributed by atoms with Gasteiger partial charge in [0.1, 0.15) is 5.75 Å². The van der Waals surface area contributed by atoms with E-state index >= 15 is 0 Å². The van der Waals surface area contributed by atoms with Crippen LogP contribution in [-0.2, 0) is 6.54 Å². The van der Waals surface area contributed by atoms with Crippen LogP contribution in [0.3, 0.4) is 0 Å². The van der Waals surface area contributed by atoms with Crippen molar-refractivity contribution in [2.45, 2.75) is 12.9 Å². The highest BCUT2D eigenvalue weighted by Crippen LogP contribution is 2.23. The predicted octanol–water partition coefficient (Wildman–Crippen LogP) is 3.30. The fourth-order valence-corrected chi connectivity index (χ4v) is 1.60. The van der Waals surface area contributed by atoms with Gasteiger partial charge in [0.2, 0.25) is 0 Å². The Hall–Kier alpha value is -2.77. The van der Waals surface area contributed by atoms with Crippen LogP contribution in [0.25, 0.3) is 0 Å². The Bertz CT molecular complexity index is 615. The Morgan fingerprint density at radius 3 is 2.32 bits per heavy atom. The molecule has 0 radical (unpaired) electrons. The van der Waals surface area contributed by atoms with Crippen LogP contribution in [0.5, 0.6) is 5.75 Å². The van der Waals surface area contributed by atoms with Crippen LogP contribution >= 0.6 is 0 Å². The number of anilines is 1. The molecule has 2 N–H and O–H groups in total. The Morgan fingerprint density at radius 1 is 1.09 bits per heavy atom. The number of benzene rings is 1. The summed E-state index contributed by atoms with van der Waals surface area (Å²) >= 11 is 0. The van der Waals surface area contributed by atoms with Crippen molar-refractivity contribution in [3.05, 3.63) is 54.4 Å². The normalized spacial score (nSPS) is 10.9. The second-order valence-corrected chi connectivity index (χ2v) is 4.24. The smallest absolute Gasteiger partial charge is 0.406 e. The van der Waals surface area contributed by atoms with Crippen LogP contribution in [0.2, 0.25) is 0 Å². The Balaban J connectivity index is 1.84. The van der Waals surface area contributed by atoms with E-state index < -0.39 is 12.4 Å². The average molecular weight is 311 g/mol. The number of halogens is 3. The van der Waals surface area contributed by atoms with Crippen molar-refractivity contribution in [2.75, 3.05) is 5.32 Å². The fraction of sp³-hybridized carbons (Fsp3) is 0.143. The third-order valence-electron chi connectivity index (χ3n) is 2.55. The summed E-state index contributed by atoms with van der Waals surface area (Å²) in [4.78, 5) is 15.5. The van der Waals surface area contributed by atoms with E-state index in [4.69, 9.17) is 0 Å². The molecule has 0 saturated carbocycles. The van der Waals surface area contributed by atoms with Crippen molar-refractivity contribution in [3.8, 4) is 5.75 Å². The van der Waals surface area contributed by atoms with E-state index in [-0.39, 0.29) is 5.75 Å². The van der Waals surface area contributed by atoms with Crippen molar-refractivity contribution >= 4 is 11.7 Å². The minimum Gasteiger partial charge on any atom is -0.406 e. The minimum atomic E-state index is -4.74. The first-order valence-electron chi connectivity index (χ1n) is 6.22. The van der Waals surface area contributed by atoms with E-state index in [1.54, 1.807) is 24.5 Å². The van der Waals surface area contributed by atoms with Gasteiger partial charge in [0.15, 0.2) is 0 Å². The lowest BCUT2D eigenvalue weighted by atomic mass is 10.3. The molecule has 2 aromatic rings. The molecule has 1 aromatic heterocycles. The average Bonchev–Trinajstić information content (AvgIpc) is 2.47. The fourth-order valence-electron chi connectivity index (χ4n) is 1.60. The molecule has 22 heavy (non-hydrogen) atoms. The van der Waals surface area contributed by atoms with Crippen LogP contribution in [0.4, 0.5) is 23.7 Å². The lowest BCUT2D eigenvalue weighted by Crippen LogP contribution is -2.28. The number of aromatic nitrogens is 1. The van der Waals surface area contributed by atoms with Crippen molar-refractivity contribution < 1.29 is 22.7 Å². The van der Waals surface area contributed by atoms with Gasteiger partial charge in [-0.3, -0.25) is 4.98 Å². The number of pyridine rings is 1. The standard InChI is InChI=1S/C14H12F3N3O2/c15-14(16,17)22-12-3-1-11(2-4-12)20-13(21)19-9-10-5-7-18-8-6-10/h1-8H,9H2,(H2,19,20,21). The number of amides is 2. The zero-order valence-corrected chi connectivity index (χ0v) is 11.2. The molecule has 0 spiro atoms. The van der Waals surface area contributed by atoms with Crippen molar-refractivity contribution in [1.82, 2.24) is 10.3 Å². The van der Waals surface area contributed by atoms with E-state index in [1.165, 1.54) is 12.1 Å². The van der Waals surface area contributed by atoms with Crippen LogP contribution in [0.15, 0.2) is 48.8 Å². The van der Waals surface area contributed by atoms with E-state index in [1.807, 2.05) is 0 Å². The second-order valence-electron chi connectivity index (χ2n) is 4.24. The van der Waals surface area contributed by atoms with Crippen molar-refractivity contribution in [2.24, 2.45) is 0 Å². The second kappa shape index (κ2) is 6.79. The van der Waals surface area contributed by atoms with E-state index in [9.17, 15) is 18.0 Å². The molecule has 1 heterocycles. The highest BCUT2D eigenvalue weighted by Gasteiger charge is 2.30. The number of alkyl halides is 3. The quantitative estimate of drug-likeness (QED) is 0.910. The Labute approximate surface area is 124 Å². The first kappa shape index (κ1) is 15.6. The van der Waals surface area contributed by atoms with Crippen LogP contribution in [0.1, 0.15) is 5.56 Å². The third-order valence-corrected chi connectivity index (χ3v) is 2.55. The lowest BCUT2D eigenvalue weighted by Gasteiger charge is -2.10. The van der Waals surface area contributed by atoms with Gasteiger partial charge in [0, 0.05) is 24.6 Å². The number of rotatable bonds is 4. The number of urea groups is 1. The number of carbonyl (C=O) groups is 1. The summed E-state index contributed by atoms with van der Waals surface area (Å²) in [6.07, 6.45) is -1.53. The Morgan fingerprint density at radius 2 is 1.73 bits per heavy atom. The molecule has 0 saturated heterocycles. The molecule has 0 aliphatic heterocycles. The first-order chi connectivity index (χ1) is 10.4. The molecule has 2 rings (SSSR count). The van der Waals surface area contributed by atoms with E-state index in [0.717, 1.165) is 17.7 Å². The topological polar surface area (TPSA) is 63.2 Å². The number of ether oxygens (including phenoxy) is 1. The van der Waals surface area contributed by atoms with Crippen molar-refractivity contribution in [1.29, 1.82) is 0 Å². The van der Waals surface area contributed by atoms with Crippen LogP contribution in [0, 0.1) is 0 Å². The molecular weight excluding hydrogens is 299 g/mol. The molecule has 8 heteroatoms.